The van der Waals surface area contributed by atoms with Crippen LogP contribution in [0.4, 0.5) is 0 Å². The van der Waals surface area contributed by atoms with Gasteiger partial charge in [-0.3, -0.25) is 9.59 Å². The first-order valence-corrected chi connectivity index (χ1v) is 8.11. The quantitative estimate of drug-likeness (QED) is 0.794. The number of halogens is 1. The summed E-state index contributed by atoms with van der Waals surface area (Å²) in [6.07, 6.45) is 4.46. The van der Waals surface area contributed by atoms with Gasteiger partial charge in [-0.05, 0) is 25.7 Å². The third-order valence-electron chi connectivity index (χ3n) is 4.99. The van der Waals surface area contributed by atoms with E-state index in [1.165, 1.54) is 0 Å². The third kappa shape index (κ3) is 3.55. The van der Waals surface area contributed by atoms with Crippen LogP contribution in [0.2, 0.25) is 0 Å². The van der Waals surface area contributed by atoms with Crippen LogP contribution in [0.3, 0.4) is 0 Å². The van der Waals surface area contributed by atoms with Gasteiger partial charge in [-0.15, -0.1) is 12.4 Å². The summed E-state index contributed by atoms with van der Waals surface area (Å²) in [5.74, 6) is 0.270. The van der Waals surface area contributed by atoms with Gasteiger partial charge < -0.3 is 20.3 Å². The number of nitrogens with zero attached hydrogens (tertiary/aromatic N) is 2. The molecule has 3 atom stereocenters. The molecule has 2 amide bonds. The SMILES string of the molecule is Cl.NC1CCCC1C(=O)N1CCN(C(=O)C2CCCO2)CC1. The molecule has 3 fully saturated rings. The van der Waals surface area contributed by atoms with E-state index in [0.29, 0.717) is 32.8 Å². The summed E-state index contributed by atoms with van der Waals surface area (Å²) >= 11 is 0. The van der Waals surface area contributed by atoms with E-state index in [2.05, 4.69) is 0 Å². The molecular weight excluding hydrogens is 306 g/mol. The van der Waals surface area contributed by atoms with Gasteiger partial charge in [0, 0.05) is 38.8 Å². The lowest BCUT2D eigenvalue weighted by Crippen LogP contribution is -2.54. The van der Waals surface area contributed by atoms with Crippen LogP contribution in [0.25, 0.3) is 0 Å². The molecule has 0 aromatic heterocycles. The zero-order chi connectivity index (χ0) is 14.8. The molecule has 6 nitrogen and oxygen atoms in total. The Morgan fingerprint density at radius 1 is 0.909 bits per heavy atom. The molecule has 0 aromatic rings. The maximum Gasteiger partial charge on any atom is 0.251 e. The Hall–Kier alpha value is -0.850. The second kappa shape index (κ2) is 7.62. The molecule has 3 aliphatic rings. The van der Waals surface area contributed by atoms with Crippen molar-refractivity contribution in [2.75, 3.05) is 32.8 Å². The van der Waals surface area contributed by atoms with Crippen molar-refractivity contribution in [3.63, 3.8) is 0 Å². The summed E-state index contributed by atoms with van der Waals surface area (Å²) in [7, 11) is 0. The molecule has 0 spiro atoms. The van der Waals surface area contributed by atoms with E-state index in [1.54, 1.807) is 0 Å². The average molecular weight is 332 g/mol. The maximum absolute atomic E-state index is 12.5. The van der Waals surface area contributed by atoms with Crippen molar-refractivity contribution in [2.45, 2.75) is 44.2 Å². The normalized spacial score (nSPS) is 32.0. The first kappa shape index (κ1) is 17.5. The standard InChI is InChI=1S/C15H25N3O3.ClH/c16-12-4-1-3-11(12)14(19)17-6-8-18(9-7-17)15(20)13-5-2-10-21-13;/h11-13H,1-10,16H2;1H. The Morgan fingerprint density at radius 3 is 2.05 bits per heavy atom. The Morgan fingerprint density at radius 2 is 1.55 bits per heavy atom. The first-order chi connectivity index (χ1) is 10.2. The number of carbonyl (C=O) groups is 2. The summed E-state index contributed by atoms with van der Waals surface area (Å²) in [4.78, 5) is 28.4. The molecule has 3 unspecified atom stereocenters. The van der Waals surface area contributed by atoms with Crippen LogP contribution >= 0.6 is 12.4 Å². The van der Waals surface area contributed by atoms with Crippen molar-refractivity contribution in [1.29, 1.82) is 0 Å². The molecule has 1 aliphatic carbocycles. The summed E-state index contributed by atoms with van der Waals surface area (Å²) in [6.45, 7) is 3.17. The van der Waals surface area contributed by atoms with Crippen LogP contribution < -0.4 is 5.73 Å². The summed E-state index contributed by atoms with van der Waals surface area (Å²) in [5, 5.41) is 0. The minimum Gasteiger partial charge on any atom is -0.368 e. The summed E-state index contributed by atoms with van der Waals surface area (Å²) < 4.78 is 5.45. The topological polar surface area (TPSA) is 75.9 Å². The molecule has 3 rings (SSSR count). The van der Waals surface area contributed by atoms with Crippen LogP contribution in [-0.4, -0.2) is 66.5 Å². The fourth-order valence-corrected chi connectivity index (χ4v) is 3.65. The molecule has 7 heteroatoms. The lowest BCUT2D eigenvalue weighted by Gasteiger charge is -2.37. The van der Waals surface area contributed by atoms with Crippen LogP contribution in [0.1, 0.15) is 32.1 Å². The second-order valence-electron chi connectivity index (χ2n) is 6.35. The lowest BCUT2D eigenvalue weighted by atomic mass is 10.0. The van der Waals surface area contributed by atoms with E-state index < -0.39 is 0 Å². The number of hydrogen-bond acceptors (Lipinski definition) is 4. The number of hydrogen-bond donors (Lipinski definition) is 1. The number of carbonyl (C=O) groups excluding carboxylic acids is 2. The largest absolute Gasteiger partial charge is 0.368 e. The molecule has 126 valence electrons. The van der Waals surface area contributed by atoms with Crippen LogP contribution in [0.15, 0.2) is 0 Å². The zero-order valence-corrected chi connectivity index (χ0v) is 13.7. The van der Waals surface area contributed by atoms with Crippen molar-refractivity contribution >= 4 is 24.2 Å². The molecule has 0 radical (unpaired) electrons. The molecule has 22 heavy (non-hydrogen) atoms. The van der Waals surface area contributed by atoms with E-state index in [-0.39, 0.29) is 42.3 Å². The van der Waals surface area contributed by atoms with Gasteiger partial charge in [0.05, 0.1) is 5.92 Å². The number of nitrogens with two attached hydrogens (primary N) is 1. The molecular formula is C15H26ClN3O3. The smallest absolute Gasteiger partial charge is 0.251 e. The predicted molar refractivity (Wildman–Crippen MR) is 84.7 cm³/mol. The predicted octanol–water partition coefficient (Wildman–Crippen LogP) is 0.385. The Bertz CT molecular complexity index is 407. The van der Waals surface area contributed by atoms with E-state index in [0.717, 1.165) is 32.1 Å². The van der Waals surface area contributed by atoms with Crippen LogP contribution in [-0.2, 0) is 14.3 Å². The average Bonchev–Trinajstić information content (AvgIpc) is 3.17. The summed E-state index contributed by atoms with van der Waals surface area (Å²) in [6, 6.07) is 0.0176. The van der Waals surface area contributed by atoms with Gasteiger partial charge in [0.25, 0.3) is 5.91 Å². The van der Waals surface area contributed by atoms with Gasteiger partial charge in [0.2, 0.25) is 5.91 Å². The van der Waals surface area contributed by atoms with Gasteiger partial charge in [0.15, 0.2) is 0 Å². The Kier molecular flexibility index (Phi) is 6.06. The summed E-state index contributed by atoms with van der Waals surface area (Å²) in [5.41, 5.74) is 6.02. The van der Waals surface area contributed by atoms with E-state index in [4.69, 9.17) is 10.5 Å². The highest BCUT2D eigenvalue weighted by Crippen LogP contribution is 2.26. The highest BCUT2D eigenvalue weighted by molar-refractivity contribution is 5.85. The van der Waals surface area contributed by atoms with Gasteiger partial charge >= 0.3 is 0 Å². The van der Waals surface area contributed by atoms with E-state index >= 15 is 0 Å². The van der Waals surface area contributed by atoms with Crippen molar-refractivity contribution in [3.05, 3.63) is 0 Å². The minimum absolute atomic E-state index is 0. The number of piperazine rings is 1. The van der Waals surface area contributed by atoms with Crippen LogP contribution in [0, 0.1) is 5.92 Å². The molecule has 0 bridgehead atoms. The number of rotatable bonds is 2. The van der Waals surface area contributed by atoms with E-state index in [1.807, 2.05) is 9.80 Å². The maximum atomic E-state index is 12.5. The number of ether oxygens (including phenoxy) is 1. The van der Waals surface area contributed by atoms with Gasteiger partial charge in [0.1, 0.15) is 6.10 Å². The van der Waals surface area contributed by atoms with Crippen molar-refractivity contribution < 1.29 is 14.3 Å². The van der Waals surface area contributed by atoms with Crippen molar-refractivity contribution in [2.24, 2.45) is 11.7 Å². The lowest BCUT2D eigenvalue weighted by molar-refractivity contribution is -0.147. The van der Waals surface area contributed by atoms with Crippen molar-refractivity contribution in [1.82, 2.24) is 9.80 Å². The van der Waals surface area contributed by atoms with Crippen LogP contribution in [0.5, 0.6) is 0 Å². The molecule has 1 saturated carbocycles. The molecule has 2 aliphatic heterocycles. The first-order valence-electron chi connectivity index (χ1n) is 8.11. The van der Waals surface area contributed by atoms with Gasteiger partial charge in [-0.1, -0.05) is 6.42 Å². The Labute approximate surface area is 137 Å². The molecule has 2 heterocycles. The fourth-order valence-electron chi connectivity index (χ4n) is 3.65. The fraction of sp³-hybridized carbons (Fsp3) is 0.867. The third-order valence-corrected chi connectivity index (χ3v) is 4.99. The molecule has 0 aromatic carbocycles. The highest BCUT2D eigenvalue weighted by Gasteiger charge is 2.36. The van der Waals surface area contributed by atoms with E-state index in [9.17, 15) is 9.59 Å². The highest BCUT2D eigenvalue weighted by atomic mass is 35.5. The van der Waals surface area contributed by atoms with Gasteiger partial charge in [-0.2, -0.15) is 0 Å². The van der Waals surface area contributed by atoms with Crippen molar-refractivity contribution in [3.8, 4) is 0 Å². The molecule has 2 saturated heterocycles. The minimum atomic E-state index is -0.254. The number of amides is 2. The second-order valence-corrected chi connectivity index (χ2v) is 6.35. The monoisotopic (exact) mass is 331 g/mol. The Balaban J connectivity index is 0.00000176. The van der Waals surface area contributed by atoms with Gasteiger partial charge in [-0.25, -0.2) is 0 Å². The molecule has 2 N–H and O–H groups in total. The zero-order valence-electron chi connectivity index (χ0n) is 12.9.